The number of nitro groups is 1. The molecule has 0 fully saturated rings. The highest BCUT2D eigenvalue weighted by Gasteiger charge is 2.28. The van der Waals surface area contributed by atoms with Gasteiger partial charge in [0.05, 0.1) is 4.92 Å². The van der Waals surface area contributed by atoms with Gasteiger partial charge in [0.2, 0.25) is 0 Å². The number of fused-ring (bicyclic) bond motifs is 3. The van der Waals surface area contributed by atoms with Crippen LogP contribution >= 0.6 is 11.6 Å². The lowest BCUT2D eigenvalue weighted by Gasteiger charge is -2.14. The van der Waals surface area contributed by atoms with Crippen LogP contribution in [0.25, 0.3) is 11.1 Å². The van der Waals surface area contributed by atoms with Crippen molar-refractivity contribution in [1.82, 2.24) is 5.32 Å². The molecular weight excluding hydrogens is 428 g/mol. The first kappa shape index (κ1) is 21.4. The molecule has 6 nitrogen and oxygen atoms in total. The number of benzene rings is 3. The quantitative estimate of drug-likeness (QED) is 0.242. The predicted molar refractivity (Wildman–Crippen MR) is 123 cm³/mol. The number of rotatable bonds is 5. The fraction of sp³-hybridized carbons (Fsp3) is 0.160. The molecule has 0 aliphatic heterocycles. The molecule has 1 amide bonds. The molecule has 4 rings (SSSR count). The molecule has 32 heavy (non-hydrogen) atoms. The SMILES string of the molecule is O=C(NCCC#Cc1cc(Cl)ccc1[N+](=O)[O-])OCC1c2ccccc2-c2ccccc21. The second-order valence-corrected chi connectivity index (χ2v) is 7.66. The van der Waals surface area contributed by atoms with Gasteiger partial charge in [-0.1, -0.05) is 72.0 Å². The van der Waals surface area contributed by atoms with Gasteiger partial charge in [-0.15, -0.1) is 0 Å². The number of nitro benzene ring substituents is 1. The number of alkyl carbamates (subject to hydrolysis) is 1. The number of carbonyl (C=O) groups excluding carboxylic acids is 1. The largest absolute Gasteiger partial charge is 0.449 e. The maximum Gasteiger partial charge on any atom is 0.407 e. The minimum absolute atomic E-state index is 0.00341. The summed E-state index contributed by atoms with van der Waals surface area (Å²) >= 11 is 5.89. The number of nitrogens with zero attached hydrogens (tertiary/aromatic N) is 1. The molecule has 1 aliphatic carbocycles. The van der Waals surface area contributed by atoms with E-state index >= 15 is 0 Å². The zero-order valence-electron chi connectivity index (χ0n) is 17.0. The monoisotopic (exact) mass is 446 g/mol. The van der Waals surface area contributed by atoms with E-state index in [2.05, 4.69) is 41.4 Å². The summed E-state index contributed by atoms with van der Waals surface area (Å²) in [5.41, 5.74) is 4.77. The lowest BCUT2D eigenvalue weighted by molar-refractivity contribution is -0.385. The van der Waals surface area contributed by atoms with Crippen molar-refractivity contribution >= 4 is 23.4 Å². The molecule has 0 aromatic heterocycles. The first-order valence-corrected chi connectivity index (χ1v) is 10.4. The van der Waals surface area contributed by atoms with E-state index in [0.29, 0.717) is 11.4 Å². The maximum atomic E-state index is 12.2. The highest BCUT2D eigenvalue weighted by molar-refractivity contribution is 6.30. The van der Waals surface area contributed by atoms with Crippen LogP contribution in [0.5, 0.6) is 0 Å². The van der Waals surface area contributed by atoms with Crippen molar-refractivity contribution in [2.24, 2.45) is 0 Å². The molecule has 0 atom stereocenters. The Morgan fingerprint density at radius 2 is 1.72 bits per heavy atom. The molecule has 1 N–H and O–H groups in total. The maximum absolute atomic E-state index is 12.2. The normalized spacial score (nSPS) is 11.7. The molecule has 7 heteroatoms. The number of carbonyl (C=O) groups is 1. The molecule has 0 unspecified atom stereocenters. The van der Waals surface area contributed by atoms with Gasteiger partial charge in [-0.05, 0) is 34.4 Å². The first-order valence-electron chi connectivity index (χ1n) is 10.1. The number of hydrogen-bond donors (Lipinski definition) is 1. The van der Waals surface area contributed by atoms with Gasteiger partial charge < -0.3 is 10.1 Å². The number of amides is 1. The van der Waals surface area contributed by atoms with E-state index in [4.69, 9.17) is 16.3 Å². The molecule has 3 aromatic carbocycles. The average Bonchev–Trinajstić information content (AvgIpc) is 3.11. The van der Waals surface area contributed by atoms with E-state index < -0.39 is 11.0 Å². The Labute approximate surface area is 190 Å². The van der Waals surface area contributed by atoms with Gasteiger partial charge in [-0.25, -0.2) is 4.79 Å². The third-order valence-corrected chi connectivity index (χ3v) is 5.48. The Balaban J connectivity index is 1.31. The zero-order valence-corrected chi connectivity index (χ0v) is 17.8. The Morgan fingerprint density at radius 1 is 1.06 bits per heavy atom. The Hall–Kier alpha value is -3.82. The van der Waals surface area contributed by atoms with Gasteiger partial charge in [-0.3, -0.25) is 10.1 Å². The summed E-state index contributed by atoms with van der Waals surface area (Å²) in [5.74, 6) is 5.56. The van der Waals surface area contributed by atoms with Crippen LogP contribution in [0.1, 0.15) is 29.0 Å². The summed E-state index contributed by atoms with van der Waals surface area (Å²) in [4.78, 5) is 22.7. The van der Waals surface area contributed by atoms with Crippen molar-refractivity contribution in [3.8, 4) is 23.0 Å². The molecule has 160 valence electrons. The Bertz CT molecular complexity index is 1200. The van der Waals surface area contributed by atoms with Crippen LogP contribution in [-0.4, -0.2) is 24.2 Å². The van der Waals surface area contributed by atoms with E-state index in [1.54, 1.807) is 0 Å². The van der Waals surface area contributed by atoms with Gasteiger partial charge in [0.25, 0.3) is 5.69 Å². The van der Waals surface area contributed by atoms with E-state index in [1.165, 1.54) is 29.3 Å². The fourth-order valence-corrected chi connectivity index (χ4v) is 3.97. The minimum Gasteiger partial charge on any atom is -0.449 e. The van der Waals surface area contributed by atoms with Crippen LogP contribution in [0.2, 0.25) is 5.02 Å². The van der Waals surface area contributed by atoms with Crippen LogP contribution in [0.15, 0.2) is 66.7 Å². The number of hydrogen-bond acceptors (Lipinski definition) is 4. The lowest BCUT2D eigenvalue weighted by Crippen LogP contribution is -2.26. The van der Waals surface area contributed by atoms with E-state index in [1.807, 2.05) is 24.3 Å². The second kappa shape index (κ2) is 9.54. The summed E-state index contributed by atoms with van der Waals surface area (Å²) in [6.45, 7) is 0.498. The van der Waals surface area contributed by atoms with Gasteiger partial charge >= 0.3 is 6.09 Å². The molecular formula is C25H19ClN2O4. The van der Waals surface area contributed by atoms with Crippen molar-refractivity contribution in [2.75, 3.05) is 13.2 Å². The van der Waals surface area contributed by atoms with Crippen molar-refractivity contribution in [3.63, 3.8) is 0 Å². The zero-order chi connectivity index (χ0) is 22.5. The van der Waals surface area contributed by atoms with Gasteiger partial charge in [0.15, 0.2) is 0 Å². The van der Waals surface area contributed by atoms with Gasteiger partial charge in [0, 0.05) is 30.0 Å². The van der Waals surface area contributed by atoms with Crippen LogP contribution < -0.4 is 5.32 Å². The average molecular weight is 447 g/mol. The molecule has 0 heterocycles. The number of nitrogens with one attached hydrogen (secondary N) is 1. The minimum atomic E-state index is -0.526. The van der Waals surface area contributed by atoms with Gasteiger partial charge in [-0.2, -0.15) is 0 Å². The van der Waals surface area contributed by atoms with Crippen molar-refractivity contribution in [1.29, 1.82) is 0 Å². The first-order chi connectivity index (χ1) is 15.5. The van der Waals surface area contributed by atoms with Crippen molar-refractivity contribution < 1.29 is 14.5 Å². The van der Waals surface area contributed by atoms with E-state index in [9.17, 15) is 14.9 Å². The van der Waals surface area contributed by atoms with Crippen molar-refractivity contribution in [3.05, 3.63) is 98.6 Å². The topological polar surface area (TPSA) is 81.5 Å². The highest BCUT2D eigenvalue weighted by Crippen LogP contribution is 2.44. The van der Waals surface area contributed by atoms with Crippen molar-refractivity contribution in [2.45, 2.75) is 12.3 Å². The van der Waals surface area contributed by atoms with E-state index in [0.717, 1.165) is 11.1 Å². The molecule has 0 saturated carbocycles. The van der Waals surface area contributed by atoms with Gasteiger partial charge in [0.1, 0.15) is 12.2 Å². The lowest BCUT2D eigenvalue weighted by atomic mass is 9.98. The summed E-state index contributed by atoms with van der Waals surface area (Å²) in [7, 11) is 0. The molecule has 0 bridgehead atoms. The Kier molecular flexibility index (Phi) is 6.39. The molecule has 3 aromatic rings. The molecule has 0 saturated heterocycles. The fourth-order valence-electron chi connectivity index (χ4n) is 3.80. The third kappa shape index (κ3) is 4.58. The standard InChI is InChI=1S/C25H19ClN2O4/c26-18-12-13-24(28(30)31)17(15-18)7-5-6-14-27-25(29)32-16-23-21-10-3-1-8-19(21)20-9-2-4-11-22(20)23/h1-4,8-13,15,23H,6,14,16H2,(H,27,29). The van der Waals surface area contributed by atoms with Crippen LogP contribution in [-0.2, 0) is 4.74 Å². The van der Waals surface area contributed by atoms with Crippen LogP contribution in [0.3, 0.4) is 0 Å². The van der Waals surface area contributed by atoms with E-state index in [-0.39, 0.29) is 30.3 Å². The summed E-state index contributed by atoms with van der Waals surface area (Å²) in [5, 5.41) is 14.1. The third-order valence-electron chi connectivity index (χ3n) is 5.24. The molecule has 0 spiro atoms. The second-order valence-electron chi connectivity index (χ2n) is 7.22. The number of halogens is 1. The summed E-state index contributed by atoms with van der Waals surface area (Å²) in [6.07, 6.45) is -0.212. The summed E-state index contributed by atoms with van der Waals surface area (Å²) < 4.78 is 5.47. The Morgan fingerprint density at radius 3 is 2.38 bits per heavy atom. The molecule has 1 aliphatic rings. The molecule has 0 radical (unpaired) electrons. The predicted octanol–water partition coefficient (Wildman–Crippen LogP) is 5.53. The number of ether oxygens (including phenoxy) is 1. The van der Waals surface area contributed by atoms with Crippen LogP contribution in [0, 0.1) is 22.0 Å². The summed E-state index contributed by atoms with van der Waals surface area (Å²) in [6, 6.07) is 20.5. The van der Waals surface area contributed by atoms with Crippen LogP contribution in [0.4, 0.5) is 10.5 Å². The highest BCUT2D eigenvalue weighted by atomic mass is 35.5. The smallest absolute Gasteiger partial charge is 0.407 e.